The summed E-state index contributed by atoms with van der Waals surface area (Å²) in [7, 11) is 0. The van der Waals surface area contributed by atoms with E-state index in [2.05, 4.69) is 10.6 Å². The van der Waals surface area contributed by atoms with Gasteiger partial charge in [-0.25, -0.2) is 0 Å². The quantitative estimate of drug-likeness (QED) is 0.454. The molecule has 7 nitrogen and oxygen atoms in total. The fourth-order valence-corrected chi connectivity index (χ4v) is 2.75. The van der Waals surface area contributed by atoms with Gasteiger partial charge in [-0.1, -0.05) is 29.3 Å². The molecule has 0 saturated carbocycles. The van der Waals surface area contributed by atoms with Gasteiger partial charge < -0.3 is 10.6 Å². The first-order valence-corrected chi connectivity index (χ1v) is 8.94. The van der Waals surface area contributed by atoms with Crippen LogP contribution in [0.3, 0.4) is 0 Å². The third kappa shape index (κ3) is 4.97. The van der Waals surface area contributed by atoms with Crippen molar-refractivity contribution in [2.75, 3.05) is 10.6 Å². The molecule has 0 heterocycles. The molecular formula is C21H16ClN3O4. The van der Waals surface area contributed by atoms with Crippen molar-refractivity contribution in [3.63, 3.8) is 0 Å². The highest BCUT2D eigenvalue weighted by Gasteiger charge is 2.16. The lowest BCUT2D eigenvalue weighted by atomic mass is 10.1. The van der Waals surface area contributed by atoms with E-state index in [-0.39, 0.29) is 22.2 Å². The number of nitrogens with zero attached hydrogens (tertiary/aromatic N) is 1. The first-order chi connectivity index (χ1) is 13.8. The third-order valence-corrected chi connectivity index (χ3v) is 4.45. The van der Waals surface area contributed by atoms with Gasteiger partial charge in [-0.05, 0) is 49.4 Å². The maximum absolute atomic E-state index is 12.4. The summed E-state index contributed by atoms with van der Waals surface area (Å²) >= 11 is 5.98. The molecule has 0 bridgehead atoms. The number of amides is 2. The van der Waals surface area contributed by atoms with E-state index in [9.17, 15) is 19.7 Å². The second kappa shape index (κ2) is 8.53. The van der Waals surface area contributed by atoms with Crippen LogP contribution in [0.2, 0.25) is 5.02 Å². The lowest BCUT2D eigenvalue weighted by molar-refractivity contribution is -0.384. The first kappa shape index (κ1) is 20.0. The van der Waals surface area contributed by atoms with Crippen LogP contribution in [0.1, 0.15) is 26.3 Å². The fraction of sp³-hybridized carbons (Fsp3) is 0.0476. The number of anilines is 2. The minimum Gasteiger partial charge on any atom is -0.322 e. The molecule has 146 valence electrons. The molecule has 0 saturated heterocycles. The topological polar surface area (TPSA) is 101 Å². The predicted molar refractivity (Wildman–Crippen MR) is 112 cm³/mol. The highest BCUT2D eigenvalue weighted by Crippen LogP contribution is 2.23. The van der Waals surface area contributed by atoms with E-state index < -0.39 is 10.8 Å². The van der Waals surface area contributed by atoms with Crippen LogP contribution in [0.15, 0.2) is 66.7 Å². The predicted octanol–water partition coefficient (Wildman–Crippen LogP) is 5.06. The number of hydrogen-bond donors (Lipinski definition) is 2. The molecule has 3 aromatic rings. The minimum atomic E-state index is -0.599. The van der Waals surface area contributed by atoms with E-state index in [1.165, 1.54) is 12.1 Å². The molecule has 0 aliphatic heterocycles. The number of aryl methyl sites for hydroxylation is 1. The summed E-state index contributed by atoms with van der Waals surface area (Å²) < 4.78 is 0. The number of benzene rings is 3. The van der Waals surface area contributed by atoms with Crippen LogP contribution < -0.4 is 10.6 Å². The van der Waals surface area contributed by atoms with Gasteiger partial charge in [-0.15, -0.1) is 0 Å². The van der Waals surface area contributed by atoms with Gasteiger partial charge in [0.2, 0.25) is 0 Å². The van der Waals surface area contributed by atoms with Gasteiger partial charge in [0, 0.05) is 29.1 Å². The minimum absolute atomic E-state index is 0.00221. The van der Waals surface area contributed by atoms with Crippen molar-refractivity contribution in [1.82, 2.24) is 0 Å². The van der Waals surface area contributed by atoms with Crippen molar-refractivity contribution in [1.29, 1.82) is 0 Å². The van der Waals surface area contributed by atoms with Gasteiger partial charge in [-0.3, -0.25) is 19.7 Å². The van der Waals surface area contributed by atoms with Gasteiger partial charge in [0.15, 0.2) is 0 Å². The molecule has 0 spiro atoms. The van der Waals surface area contributed by atoms with Crippen molar-refractivity contribution in [3.05, 3.63) is 98.6 Å². The Labute approximate surface area is 171 Å². The summed E-state index contributed by atoms with van der Waals surface area (Å²) in [5.41, 5.74) is 2.37. The molecule has 3 aromatic carbocycles. The number of halogens is 1. The van der Waals surface area contributed by atoms with Crippen molar-refractivity contribution >= 4 is 40.5 Å². The summed E-state index contributed by atoms with van der Waals surface area (Å²) in [5, 5.41) is 16.4. The molecule has 0 fully saturated rings. The van der Waals surface area contributed by atoms with Gasteiger partial charge in [-0.2, -0.15) is 0 Å². The molecule has 3 rings (SSSR count). The Morgan fingerprint density at radius 3 is 1.97 bits per heavy atom. The Hall–Kier alpha value is -3.71. The number of hydrogen-bond acceptors (Lipinski definition) is 4. The number of rotatable bonds is 5. The van der Waals surface area contributed by atoms with E-state index in [4.69, 9.17) is 11.6 Å². The lowest BCUT2D eigenvalue weighted by Gasteiger charge is -2.09. The maximum Gasteiger partial charge on any atom is 0.270 e. The average Bonchev–Trinajstić information content (AvgIpc) is 2.70. The van der Waals surface area contributed by atoms with Crippen molar-refractivity contribution < 1.29 is 14.5 Å². The van der Waals surface area contributed by atoms with Crippen molar-refractivity contribution in [2.24, 2.45) is 0 Å². The summed E-state index contributed by atoms with van der Waals surface area (Å²) in [4.78, 5) is 34.9. The van der Waals surface area contributed by atoms with Crippen LogP contribution in [0.4, 0.5) is 17.1 Å². The van der Waals surface area contributed by atoms with Gasteiger partial charge in [0.1, 0.15) is 0 Å². The third-order valence-electron chi connectivity index (χ3n) is 4.12. The Kier molecular flexibility index (Phi) is 5.90. The molecule has 0 aliphatic carbocycles. The molecule has 2 amide bonds. The zero-order chi connectivity index (χ0) is 21.0. The number of non-ortho nitro benzene ring substituents is 1. The van der Waals surface area contributed by atoms with Crippen LogP contribution in [-0.4, -0.2) is 16.7 Å². The van der Waals surface area contributed by atoms with Crippen LogP contribution in [0.25, 0.3) is 0 Å². The lowest BCUT2D eigenvalue weighted by Crippen LogP contribution is -2.14. The molecule has 29 heavy (non-hydrogen) atoms. The molecular weight excluding hydrogens is 394 g/mol. The second-order valence-corrected chi connectivity index (χ2v) is 6.68. The highest BCUT2D eigenvalue weighted by molar-refractivity contribution is 6.34. The molecule has 0 aliphatic rings. The number of nitro groups is 1. The Balaban J connectivity index is 1.68. The van der Waals surface area contributed by atoms with Crippen LogP contribution in [0, 0.1) is 17.0 Å². The standard InChI is InChI=1S/C21H16ClN3O4/c1-13-2-4-14(5-3-13)20(26)23-15-6-8-16(9-7-15)24-21(27)18-12-17(25(28)29)10-11-19(18)22/h2-12H,1H3,(H,23,26)(H,24,27). The SMILES string of the molecule is Cc1ccc(C(=O)Nc2ccc(NC(=O)c3cc([N+](=O)[O-])ccc3Cl)cc2)cc1. The molecule has 0 unspecified atom stereocenters. The molecule has 2 N–H and O–H groups in total. The molecule has 0 radical (unpaired) electrons. The average molecular weight is 410 g/mol. The zero-order valence-electron chi connectivity index (χ0n) is 15.3. The Morgan fingerprint density at radius 2 is 1.41 bits per heavy atom. The van der Waals surface area contributed by atoms with E-state index in [1.807, 2.05) is 19.1 Å². The van der Waals surface area contributed by atoms with E-state index in [0.29, 0.717) is 16.9 Å². The van der Waals surface area contributed by atoms with E-state index in [0.717, 1.165) is 11.6 Å². The van der Waals surface area contributed by atoms with Crippen LogP contribution in [-0.2, 0) is 0 Å². The summed E-state index contributed by atoms with van der Waals surface area (Å²) in [5.74, 6) is -0.819. The van der Waals surface area contributed by atoms with Crippen molar-refractivity contribution in [2.45, 2.75) is 6.92 Å². The monoisotopic (exact) mass is 409 g/mol. The molecule has 0 aromatic heterocycles. The van der Waals surface area contributed by atoms with Crippen molar-refractivity contribution in [3.8, 4) is 0 Å². The second-order valence-electron chi connectivity index (χ2n) is 6.27. The number of carbonyl (C=O) groups is 2. The number of carbonyl (C=O) groups excluding carboxylic acids is 2. The van der Waals surface area contributed by atoms with Crippen LogP contribution >= 0.6 is 11.6 Å². The fourth-order valence-electron chi connectivity index (χ4n) is 2.54. The Bertz CT molecular complexity index is 1080. The summed E-state index contributed by atoms with van der Waals surface area (Å²) in [6, 6.07) is 17.3. The first-order valence-electron chi connectivity index (χ1n) is 8.57. The largest absolute Gasteiger partial charge is 0.322 e. The molecule has 8 heteroatoms. The number of nitrogens with one attached hydrogen (secondary N) is 2. The van der Waals surface area contributed by atoms with E-state index >= 15 is 0 Å². The molecule has 0 atom stereocenters. The summed E-state index contributed by atoms with van der Waals surface area (Å²) in [6.07, 6.45) is 0. The summed E-state index contributed by atoms with van der Waals surface area (Å²) in [6.45, 7) is 1.94. The van der Waals surface area contributed by atoms with Gasteiger partial charge in [0.25, 0.3) is 17.5 Å². The Morgan fingerprint density at radius 1 is 0.862 bits per heavy atom. The van der Waals surface area contributed by atoms with Crippen LogP contribution in [0.5, 0.6) is 0 Å². The zero-order valence-corrected chi connectivity index (χ0v) is 16.1. The van der Waals surface area contributed by atoms with E-state index in [1.54, 1.807) is 36.4 Å². The maximum atomic E-state index is 12.4. The number of nitro benzene ring substituents is 1. The normalized spacial score (nSPS) is 10.3. The smallest absolute Gasteiger partial charge is 0.270 e. The van der Waals surface area contributed by atoms with Gasteiger partial charge in [0.05, 0.1) is 15.5 Å². The van der Waals surface area contributed by atoms with Gasteiger partial charge >= 0.3 is 0 Å². The highest BCUT2D eigenvalue weighted by atomic mass is 35.5.